The van der Waals surface area contributed by atoms with E-state index in [1.165, 1.54) is 38.2 Å². The zero-order valence-corrected chi connectivity index (χ0v) is 11.0. The predicted molar refractivity (Wildman–Crippen MR) is 73.6 cm³/mol. The van der Waals surface area contributed by atoms with Gasteiger partial charge < -0.3 is 5.32 Å². The van der Waals surface area contributed by atoms with Crippen LogP contribution in [0.15, 0.2) is 24.3 Å². The molecule has 0 heterocycles. The van der Waals surface area contributed by atoms with E-state index in [9.17, 15) is 10.1 Å². The van der Waals surface area contributed by atoms with E-state index < -0.39 is 0 Å². The number of benzene rings is 1. The van der Waals surface area contributed by atoms with Crippen molar-refractivity contribution in [1.29, 1.82) is 0 Å². The third-order valence-corrected chi connectivity index (χ3v) is 2.91. The lowest BCUT2D eigenvalue weighted by Gasteiger charge is -2.04. The fourth-order valence-corrected chi connectivity index (χ4v) is 1.87. The first-order valence-electron chi connectivity index (χ1n) is 6.68. The molecule has 100 valence electrons. The highest BCUT2D eigenvalue weighted by Gasteiger charge is 2.04. The quantitative estimate of drug-likeness (QED) is 0.413. The Morgan fingerprint density at radius 1 is 1.22 bits per heavy atom. The summed E-state index contributed by atoms with van der Waals surface area (Å²) < 4.78 is 0. The summed E-state index contributed by atoms with van der Waals surface area (Å²) in [4.78, 5) is 10.3. The highest BCUT2D eigenvalue weighted by molar-refractivity contribution is 5.34. The van der Waals surface area contributed by atoms with Gasteiger partial charge in [-0.1, -0.05) is 44.7 Å². The molecule has 0 saturated carbocycles. The molecule has 0 aliphatic carbocycles. The van der Waals surface area contributed by atoms with Crippen molar-refractivity contribution in [2.75, 3.05) is 6.54 Å². The van der Waals surface area contributed by atoms with Gasteiger partial charge in [0.1, 0.15) is 0 Å². The van der Waals surface area contributed by atoms with Crippen LogP contribution in [0.4, 0.5) is 5.69 Å². The van der Waals surface area contributed by atoms with Crippen molar-refractivity contribution in [3.05, 3.63) is 39.9 Å². The number of rotatable bonds is 9. The topological polar surface area (TPSA) is 55.2 Å². The lowest BCUT2D eigenvalue weighted by Crippen LogP contribution is -2.14. The van der Waals surface area contributed by atoms with Gasteiger partial charge in [0.15, 0.2) is 0 Å². The van der Waals surface area contributed by atoms with Gasteiger partial charge in [-0.25, -0.2) is 0 Å². The molecule has 0 bridgehead atoms. The molecular weight excluding hydrogens is 228 g/mol. The maximum Gasteiger partial charge on any atom is 0.269 e. The first kappa shape index (κ1) is 14.6. The highest BCUT2D eigenvalue weighted by atomic mass is 16.6. The Kier molecular flexibility index (Phi) is 7.03. The number of non-ortho nitro benzene ring substituents is 1. The van der Waals surface area contributed by atoms with Crippen LogP contribution in [-0.4, -0.2) is 11.5 Å². The van der Waals surface area contributed by atoms with E-state index in [0.717, 1.165) is 12.1 Å². The smallest absolute Gasteiger partial charge is 0.269 e. The van der Waals surface area contributed by atoms with Crippen molar-refractivity contribution < 1.29 is 4.92 Å². The second kappa shape index (κ2) is 8.64. The zero-order chi connectivity index (χ0) is 13.2. The van der Waals surface area contributed by atoms with Crippen LogP contribution >= 0.6 is 0 Å². The number of nitro benzene ring substituents is 1. The van der Waals surface area contributed by atoms with E-state index in [-0.39, 0.29) is 10.6 Å². The molecule has 0 fully saturated rings. The van der Waals surface area contributed by atoms with Crippen LogP contribution in [0.2, 0.25) is 0 Å². The molecule has 1 rings (SSSR count). The molecule has 0 amide bonds. The molecule has 0 radical (unpaired) electrons. The van der Waals surface area contributed by atoms with Crippen LogP contribution < -0.4 is 5.32 Å². The Labute approximate surface area is 109 Å². The van der Waals surface area contributed by atoms with E-state index in [0.29, 0.717) is 6.54 Å². The van der Waals surface area contributed by atoms with E-state index in [2.05, 4.69) is 12.2 Å². The van der Waals surface area contributed by atoms with Crippen LogP contribution in [0.25, 0.3) is 0 Å². The van der Waals surface area contributed by atoms with Crippen molar-refractivity contribution in [1.82, 2.24) is 5.32 Å². The molecule has 0 unspecified atom stereocenters. The summed E-state index contributed by atoms with van der Waals surface area (Å²) in [6.07, 6.45) is 6.31. The lowest BCUT2D eigenvalue weighted by molar-refractivity contribution is -0.384. The minimum absolute atomic E-state index is 0.164. The van der Waals surface area contributed by atoms with Crippen molar-refractivity contribution in [2.45, 2.75) is 45.6 Å². The zero-order valence-electron chi connectivity index (χ0n) is 11.0. The highest BCUT2D eigenvalue weighted by Crippen LogP contribution is 2.12. The SMILES string of the molecule is CCCCCCCNCc1cccc([N+](=O)[O-])c1. The summed E-state index contributed by atoms with van der Waals surface area (Å²) in [7, 11) is 0. The van der Waals surface area contributed by atoms with Gasteiger partial charge in [0, 0.05) is 18.7 Å². The van der Waals surface area contributed by atoms with Gasteiger partial charge in [-0.05, 0) is 18.5 Å². The van der Waals surface area contributed by atoms with Crippen LogP contribution in [0.5, 0.6) is 0 Å². The number of nitrogens with one attached hydrogen (secondary N) is 1. The Morgan fingerprint density at radius 3 is 2.72 bits per heavy atom. The van der Waals surface area contributed by atoms with Crippen LogP contribution in [0.1, 0.15) is 44.6 Å². The second-order valence-corrected chi connectivity index (χ2v) is 4.52. The van der Waals surface area contributed by atoms with Gasteiger partial charge in [0.25, 0.3) is 5.69 Å². The van der Waals surface area contributed by atoms with Gasteiger partial charge in [-0.2, -0.15) is 0 Å². The van der Waals surface area contributed by atoms with E-state index >= 15 is 0 Å². The molecule has 0 atom stereocenters. The summed E-state index contributed by atoms with van der Waals surface area (Å²) in [6, 6.07) is 6.80. The van der Waals surface area contributed by atoms with Gasteiger partial charge >= 0.3 is 0 Å². The van der Waals surface area contributed by atoms with Crippen molar-refractivity contribution >= 4 is 5.69 Å². The molecule has 1 aromatic rings. The molecule has 0 aliphatic rings. The Bertz CT molecular complexity index is 367. The summed E-state index contributed by atoms with van der Waals surface area (Å²) in [6.45, 7) is 3.89. The van der Waals surface area contributed by atoms with Gasteiger partial charge in [-0.3, -0.25) is 10.1 Å². The largest absolute Gasteiger partial charge is 0.313 e. The first-order valence-corrected chi connectivity index (χ1v) is 6.68. The van der Waals surface area contributed by atoms with Crippen LogP contribution in [0, 0.1) is 10.1 Å². The molecule has 4 heteroatoms. The minimum Gasteiger partial charge on any atom is -0.313 e. The van der Waals surface area contributed by atoms with E-state index in [1.807, 2.05) is 6.07 Å². The average molecular weight is 250 g/mol. The number of unbranched alkanes of at least 4 members (excludes halogenated alkanes) is 4. The van der Waals surface area contributed by atoms with Gasteiger partial charge in [-0.15, -0.1) is 0 Å². The van der Waals surface area contributed by atoms with Crippen molar-refractivity contribution in [3.8, 4) is 0 Å². The second-order valence-electron chi connectivity index (χ2n) is 4.52. The number of hydrogen-bond acceptors (Lipinski definition) is 3. The van der Waals surface area contributed by atoms with Crippen molar-refractivity contribution in [3.63, 3.8) is 0 Å². The van der Waals surface area contributed by atoms with Crippen molar-refractivity contribution in [2.24, 2.45) is 0 Å². The number of nitrogens with zero attached hydrogens (tertiary/aromatic N) is 1. The molecule has 1 N–H and O–H groups in total. The summed E-state index contributed by atoms with van der Waals surface area (Å²) in [5.74, 6) is 0. The maximum absolute atomic E-state index is 10.6. The summed E-state index contributed by atoms with van der Waals surface area (Å²) in [5.41, 5.74) is 1.13. The normalized spacial score (nSPS) is 10.5. The lowest BCUT2D eigenvalue weighted by atomic mass is 10.1. The molecule has 0 aliphatic heterocycles. The predicted octanol–water partition coefficient (Wildman–Crippen LogP) is 3.65. The molecule has 0 aromatic heterocycles. The van der Waals surface area contributed by atoms with E-state index in [1.54, 1.807) is 12.1 Å². The average Bonchev–Trinajstić information content (AvgIpc) is 2.38. The van der Waals surface area contributed by atoms with Gasteiger partial charge in [0.2, 0.25) is 0 Å². The van der Waals surface area contributed by atoms with Crippen LogP contribution in [0.3, 0.4) is 0 Å². The molecular formula is C14H22N2O2. The third kappa shape index (κ3) is 5.77. The maximum atomic E-state index is 10.6. The van der Waals surface area contributed by atoms with Gasteiger partial charge in [0.05, 0.1) is 4.92 Å². The van der Waals surface area contributed by atoms with E-state index in [4.69, 9.17) is 0 Å². The summed E-state index contributed by atoms with van der Waals surface area (Å²) >= 11 is 0. The monoisotopic (exact) mass is 250 g/mol. The first-order chi connectivity index (χ1) is 8.74. The molecule has 18 heavy (non-hydrogen) atoms. The molecule has 0 spiro atoms. The Morgan fingerprint density at radius 2 is 2.00 bits per heavy atom. The summed E-state index contributed by atoms with van der Waals surface area (Å²) in [5, 5.41) is 13.9. The third-order valence-electron chi connectivity index (χ3n) is 2.91. The minimum atomic E-state index is -0.353. The number of hydrogen-bond donors (Lipinski definition) is 1. The fraction of sp³-hybridized carbons (Fsp3) is 0.571. The Hall–Kier alpha value is -1.42. The number of nitro groups is 1. The molecule has 1 aromatic carbocycles. The molecule has 0 saturated heterocycles. The standard InChI is InChI=1S/C14H22N2O2/c1-2-3-4-5-6-10-15-12-13-8-7-9-14(11-13)16(17)18/h7-9,11,15H,2-6,10,12H2,1H3. The Balaban J connectivity index is 2.19. The van der Waals surface area contributed by atoms with Crippen LogP contribution in [-0.2, 0) is 6.54 Å². The fourth-order valence-electron chi connectivity index (χ4n) is 1.87. The molecule has 4 nitrogen and oxygen atoms in total.